The molecule has 15 heavy (non-hydrogen) atoms. The van der Waals surface area contributed by atoms with Crippen LogP contribution in [0.1, 0.15) is 13.8 Å². The average Bonchev–Trinajstić information content (AvgIpc) is 2.19. The largest absolute Gasteiger partial charge is 0.369 e. The number of carbonyl (C=O) groups excluding carboxylic acids is 2. The number of urea groups is 1. The summed E-state index contributed by atoms with van der Waals surface area (Å²) in [4.78, 5) is 23.5. The van der Waals surface area contributed by atoms with Gasteiger partial charge in [0, 0.05) is 0 Å². The molecular formula is C7H9Cl3N2O3. The normalized spacial score (nSPS) is 22.9. The minimum absolute atomic E-state index is 0.555. The number of nitrogens with one attached hydrogen (secondary N) is 1. The van der Waals surface area contributed by atoms with Crippen LogP contribution < -0.4 is 5.32 Å². The van der Waals surface area contributed by atoms with Crippen molar-refractivity contribution < 1.29 is 14.7 Å². The van der Waals surface area contributed by atoms with Gasteiger partial charge in [-0.05, 0) is 13.8 Å². The summed E-state index contributed by atoms with van der Waals surface area (Å²) in [5, 5.41) is 11.6. The Balaban J connectivity index is 3.05. The number of halogens is 3. The second-order valence-corrected chi connectivity index (χ2v) is 5.97. The monoisotopic (exact) mass is 274 g/mol. The quantitative estimate of drug-likeness (QED) is 0.554. The fraction of sp³-hybridized carbons (Fsp3) is 0.714. The molecule has 0 aromatic carbocycles. The van der Waals surface area contributed by atoms with E-state index in [2.05, 4.69) is 0 Å². The highest BCUT2D eigenvalue weighted by Crippen LogP contribution is 2.36. The van der Waals surface area contributed by atoms with E-state index in [1.54, 1.807) is 0 Å². The van der Waals surface area contributed by atoms with Crippen molar-refractivity contribution in [3.63, 3.8) is 0 Å². The van der Waals surface area contributed by atoms with E-state index in [9.17, 15) is 14.7 Å². The third-order valence-electron chi connectivity index (χ3n) is 2.13. The molecule has 1 fully saturated rings. The number of nitrogens with zero attached hydrogens (tertiary/aromatic N) is 1. The van der Waals surface area contributed by atoms with E-state index in [1.165, 1.54) is 13.8 Å². The summed E-state index contributed by atoms with van der Waals surface area (Å²) in [6, 6.07) is -0.788. The fourth-order valence-electron chi connectivity index (χ4n) is 1.24. The molecule has 0 aromatic heterocycles. The number of rotatable bonds is 1. The summed E-state index contributed by atoms with van der Waals surface area (Å²) in [6.45, 7) is 2.87. The standard InChI is InChI=1S/C7H9Cl3N2O3/c1-6(2)3(13)11-5(15)12(6)4(14)7(8,9)10/h4,14H,1-2H3,(H,11,13,15). The van der Waals surface area contributed by atoms with Crippen molar-refractivity contribution in [3.8, 4) is 0 Å². The maximum atomic E-state index is 11.3. The van der Waals surface area contributed by atoms with Crippen LogP contribution in [0, 0.1) is 0 Å². The SMILES string of the molecule is CC1(C)C(=O)NC(=O)N1C(O)C(Cl)(Cl)Cl. The van der Waals surface area contributed by atoms with E-state index < -0.39 is 27.5 Å². The first-order valence-corrected chi connectivity index (χ1v) is 5.11. The maximum Gasteiger partial charge on any atom is 0.327 e. The summed E-state index contributed by atoms with van der Waals surface area (Å²) >= 11 is 16.4. The summed E-state index contributed by atoms with van der Waals surface area (Å²) in [6.07, 6.45) is -1.69. The second kappa shape index (κ2) is 3.66. The van der Waals surface area contributed by atoms with Gasteiger partial charge in [-0.25, -0.2) is 4.79 Å². The molecule has 86 valence electrons. The molecule has 1 rings (SSSR count). The van der Waals surface area contributed by atoms with Crippen LogP contribution in [0.4, 0.5) is 4.79 Å². The van der Waals surface area contributed by atoms with Crippen LogP contribution >= 0.6 is 34.8 Å². The molecule has 5 nitrogen and oxygen atoms in total. The lowest BCUT2D eigenvalue weighted by molar-refractivity contribution is -0.128. The molecular weight excluding hydrogens is 266 g/mol. The molecule has 1 unspecified atom stereocenters. The van der Waals surface area contributed by atoms with Gasteiger partial charge in [-0.3, -0.25) is 15.0 Å². The Kier molecular flexibility index (Phi) is 3.13. The van der Waals surface area contributed by atoms with Crippen molar-refractivity contribution in [2.45, 2.75) is 29.4 Å². The number of carbonyl (C=O) groups is 2. The number of aliphatic hydroxyl groups excluding tert-OH is 1. The number of hydrogen-bond donors (Lipinski definition) is 2. The van der Waals surface area contributed by atoms with E-state index in [1.807, 2.05) is 5.32 Å². The molecule has 0 saturated carbocycles. The predicted octanol–water partition coefficient (Wildman–Crippen LogP) is 1.01. The number of imide groups is 1. The van der Waals surface area contributed by atoms with Crippen LogP contribution in [0.15, 0.2) is 0 Å². The van der Waals surface area contributed by atoms with Crippen LogP contribution in [-0.2, 0) is 4.79 Å². The highest BCUT2D eigenvalue weighted by Gasteiger charge is 2.53. The predicted molar refractivity (Wildman–Crippen MR) is 55.8 cm³/mol. The average molecular weight is 276 g/mol. The zero-order valence-corrected chi connectivity index (χ0v) is 10.2. The van der Waals surface area contributed by atoms with E-state index >= 15 is 0 Å². The van der Waals surface area contributed by atoms with Crippen LogP contribution in [0.25, 0.3) is 0 Å². The Bertz CT molecular complexity index is 313. The Morgan fingerprint density at radius 2 is 1.87 bits per heavy atom. The molecule has 0 bridgehead atoms. The van der Waals surface area contributed by atoms with Crippen LogP contribution in [-0.4, -0.2) is 37.5 Å². The van der Waals surface area contributed by atoms with E-state index in [4.69, 9.17) is 34.8 Å². The molecule has 1 atom stereocenters. The zero-order chi connectivity index (χ0) is 12.0. The Labute approximate surface area is 101 Å². The number of hydrogen-bond acceptors (Lipinski definition) is 3. The van der Waals surface area contributed by atoms with Gasteiger partial charge in [-0.15, -0.1) is 0 Å². The topological polar surface area (TPSA) is 69.6 Å². The van der Waals surface area contributed by atoms with Gasteiger partial charge in [0.15, 0.2) is 6.23 Å². The third kappa shape index (κ3) is 2.15. The minimum atomic E-state index is -2.07. The number of amides is 3. The number of alkyl halides is 3. The van der Waals surface area contributed by atoms with Gasteiger partial charge in [0.2, 0.25) is 3.79 Å². The molecule has 0 aliphatic carbocycles. The first-order chi connectivity index (χ1) is 6.58. The summed E-state index contributed by atoms with van der Waals surface area (Å²) < 4.78 is -2.07. The Morgan fingerprint density at radius 3 is 2.13 bits per heavy atom. The maximum absolute atomic E-state index is 11.3. The van der Waals surface area contributed by atoms with Crippen LogP contribution in [0.5, 0.6) is 0 Å². The second-order valence-electron chi connectivity index (χ2n) is 3.60. The van der Waals surface area contributed by atoms with Crippen molar-refractivity contribution in [2.75, 3.05) is 0 Å². The van der Waals surface area contributed by atoms with Gasteiger partial charge >= 0.3 is 6.03 Å². The van der Waals surface area contributed by atoms with E-state index in [0.717, 1.165) is 4.90 Å². The summed E-state index contributed by atoms with van der Waals surface area (Å²) in [7, 11) is 0. The van der Waals surface area contributed by atoms with Crippen molar-refractivity contribution in [1.29, 1.82) is 0 Å². The summed E-state index contributed by atoms with van der Waals surface area (Å²) in [5.41, 5.74) is -1.25. The molecule has 1 aliphatic rings. The lowest BCUT2D eigenvalue weighted by Gasteiger charge is -2.35. The van der Waals surface area contributed by atoms with Crippen molar-refractivity contribution in [2.24, 2.45) is 0 Å². The van der Waals surface area contributed by atoms with Crippen LogP contribution in [0.2, 0.25) is 0 Å². The lowest BCUT2D eigenvalue weighted by Crippen LogP contribution is -2.54. The Hall–Kier alpha value is -0.230. The van der Waals surface area contributed by atoms with Gasteiger partial charge in [-0.2, -0.15) is 0 Å². The molecule has 0 radical (unpaired) electrons. The van der Waals surface area contributed by atoms with E-state index in [0.29, 0.717) is 0 Å². The van der Waals surface area contributed by atoms with Gasteiger partial charge in [-0.1, -0.05) is 34.8 Å². The van der Waals surface area contributed by atoms with Crippen molar-refractivity contribution in [1.82, 2.24) is 10.2 Å². The van der Waals surface area contributed by atoms with Gasteiger partial charge < -0.3 is 5.11 Å². The van der Waals surface area contributed by atoms with Gasteiger partial charge in [0.05, 0.1) is 0 Å². The molecule has 0 spiro atoms. The molecule has 1 aliphatic heterocycles. The molecule has 0 aromatic rings. The third-order valence-corrected chi connectivity index (χ3v) is 2.72. The molecule has 8 heteroatoms. The lowest BCUT2D eigenvalue weighted by atomic mass is 10.0. The van der Waals surface area contributed by atoms with Crippen molar-refractivity contribution >= 4 is 46.7 Å². The van der Waals surface area contributed by atoms with Gasteiger partial charge in [0.25, 0.3) is 5.91 Å². The Morgan fingerprint density at radius 1 is 1.40 bits per heavy atom. The minimum Gasteiger partial charge on any atom is -0.369 e. The van der Waals surface area contributed by atoms with E-state index in [-0.39, 0.29) is 0 Å². The van der Waals surface area contributed by atoms with Gasteiger partial charge in [0.1, 0.15) is 5.54 Å². The first-order valence-electron chi connectivity index (χ1n) is 3.98. The highest BCUT2D eigenvalue weighted by atomic mass is 35.6. The number of aliphatic hydroxyl groups is 1. The zero-order valence-electron chi connectivity index (χ0n) is 7.92. The molecule has 1 heterocycles. The molecule has 3 amide bonds. The highest BCUT2D eigenvalue weighted by molar-refractivity contribution is 6.68. The first kappa shape index (κ1) is 12.8. The molecule has 2 N–H and O–H groups in total. The smallest absolute Gasteiger partial charge is 0.327 e. The molecule has 1 saturated heterocycles. The van der Waals surface area contributed by atoms with Crippen LogP contribution in [0.3, 0.4) is 0 Å². The summed E-state index contributed by atoms with van der Waals surface area (Å²) in [5.74, 6) is -0.555. The van der Waals surface area contributed by atoms with Crippen molar-refractivity contribution in [3.05, 3.63) is 0 Å². The fourth-order valence-corrected chi connectivity index (χ4v) is 1.53.